The predicted molar refractivity (Wildman–Crippen MR) is 209 cm³/mol. The van der Waals surface area contributed by atoms with Crippen LogP contribution in [0.2, 0.25) is 0 Å². The number of carbonyl (C=O) groups is 1. The molecule has 3 unspecified atom stereocenters. The minimum atomic E-state index is -4.59. The highest BCUT2D eigenvalue weighted by atomic mass is 31.2. The van der Waals surface area contributed by atoms with Crippen LogP contribution in [-0.2, 0) is 23.1 Å². The molecule has 10 heteroatoms. The van der Waals surface area contributed by atoms with Gasteiger partial charge in [-0.1, -0.05) is 121 Å². The summed E-state index contributed by atoms with van der Waals surface area (Å²) in [6, 6.07) is -0.901. The molecule has 0 aliphatic carbocycles. The average Bonchev–Trinajstić information content (AvgIpc) is 3.83. The van der Waals surface area contributed by atoms with Crippen molar-refractivity contribution in [1.29, 1.82) is 0 Å². The monoisotopic (exact) mass is 741 g/mol. The molecule has 5 atom stereocenters. The Morgan fingerprint density at radius 3 is 2.04 bits per heavy atom. The summed E-state index contributed by atoms with van der Waals surface area (Å²) >= 11 is 0. The van der Waals surface area contributed by atoms with Gasteiger partial charge in [0.15, 0.2) is 0 Å². The number of quaternary nitrogens is 1. The van der Waals surface area contributed by atoms with Crippen molar-refractivity contribution in [3.8, 4) is 0 Å². The maximum atomic E-state index is 12.8. The smallest absolute Gasteiger partial charge is 0.268 e. The molecule has 2 N–H and O–H groups in total. The number of amides is 1. The third-order valence-electron chi connectivity index (χ3n) is 9.22. The first-order valence-corrected chi connectivity index (χ1v) is 21.9. The van der Waals surface area contributed by atoms with Gasteiger partial charge in [-0.3, -0.25) is 9.36 Å². The Morgan fingerprint density at radius 2 is 1.37 bits per heavy atom. The van der Waals surface area contributed by atoms with Crippen molar-refractivity contribution in [2.24, 2.45) is 0 Å². The molecule has 0 aromatic carbocycles. The average molecular weight is 741 g/mol. The van der Waals surface area contributed by atoms with Crippen LogP contribution in [0.1, 0.15) is 155 Å². The Balaban J connectivity index is 2.37. The molecule has 0 aromatic rings. The SMILES string of the molecule is CCC/C=C\CCCCCCCC/C=C/[C@@H](O)[C@H](COP(=O)([O-])OCC[N+](C)(C)C)NC(=O)CCCCCCCC1OC1C/C=C\CCCCC. The van der Waals surface area contributed by atoms with Crippen LogP contribution in [0.5, 0.6) is 0 Å². The molecule has 1 amide bonds. The van der Waals surface area contributed by atoms with Crippen molar-refractivity contribution >= 4 is 13.7 Å². The van der Waals surface area contributed by atoms with Crippen LogP contribution >= 0.6 is 7.82 Å². The van der Waals surface area contributed by atoms with Crippen LogP contribution in [-0.4, -0.2) is 80.8 Å². The molecule has 1 saturated heterocycles. The van der Waals surface area contributed by atoms with Crippen LogP contribution in [0.4, 0.5) is 0 Å². The number of rotatable bonds is 35. The van der Waals surface area contributed by atoms with Crippen molar-refractivity contribution in [1.82, 2.24) is 5.32 Å². The summed E-state index contributed by atoms with van der Waals surface area (Å²) in [6.45, 7) is 4.51. The minimum absolute atomic E-state index is 0.00936. The number of aliphatic hydroxyl groups is 1. The summed E-state index contributed by atoms with van der Waals surface area (Å²) in [4.78, 5) is 25.2. The van der Waals surface area contributed by atoms with E-state index in [1.54, 1.807) is 6.08 Å². The van der Waals surface area contributed by atoms with E-state index >= 15 is 0 Å². The van der Waals surface area contributed by atoms with E-state index in [4.69, 9.17) is 13.8 Å². The minimum Gasteiger partial charge on any atom is -0.756 e. The van der Waals surface area contributed by atoms with Gasteiger partial charge >= 0.3 is 0 Å². The van der Waals surface area contributed by atoms with Crippen molar-refractivity contribution < 1.29 is 37.6 Å². The lowest BCUT2D eigenvalue weighted by atomic mass is 10.1. The number of nitrogens with one attached hydrogen (secondary N) is 1. The summed E-state index contributed by atoms with van der Waals surface area (Å²) in [7, 11) is 1.23. The van der Waals surface area contributed by atoms with Crippen LogP contribution in [0, 0.1) is 0 Å². The van der Waals surface area contributed by atoms with Gasteiger partial charge < -0.3 is 33.6 Å². The highest BCUT2D eigenvalue weighted by Crippen LogP contribution is 2.38. The summed E-state index contributed by atoms with van der Waals surface area (Å²) < 4.78 is 28.9. The normalized spacial score (nSPS) is 18.9. The first-order valence-electron chi connectivity index (χ1n) is 20.5. The number of phosphoric ester groups is 1. The van der Waals surface area contributed by atoms with Crippen LogP contribution in [0.15, 0.2) is 36.5 Å². The molecule has 0 saturated carbocycles. The van der Waals surface area contributed by atoms with Gasteiger partial charge in [0.25, 0.3) is 7.82 Å². The Hall–Kier alpha value is -1.32. The largest absolute Gasteiger partial charge is 0.756 e. The number of unbranched alkanes of at least 4 members (excludes halogenated alkanes) is 15. The molecule has 1 fully saturated rings. The predicted octanol–water partition coefficient (Wildman–Crippen LogP) is 9.10. The molecule has 298 valence electrons. The highest BCUT2D eigenvalue weighted by molar-refractivity contribution is 7.45. The van der Waals surface area contributed by atoms with E-state index in [1.165, 1.54) is 70.6 Å². The third kappa shape index (κ3) is 29.8. The number of ether oxygens (including phenoxy) is 1. The molecule has 0 radical (unpaired) electrons. The number of allylic oxidation sites excluding steroid dienone is 4. The summed E-state index contributed by atoms with van der Waals surface area (Å²) in [5.74, 6) is -0.222. The lowest BCUT2D eigenvalue weighted by Crippen LogP contribution is -2.45. The van der Waals surface area contributed by atoms with E-state index in [9.17, 15) is 19.4 Å². The first-order chi connectivity index (χ1) is 24.5. The van der Waals surface area contributed by atoms with Crippen molar-refractivity contribution in [2.45, 2.75) is 179 Å². The summed E-state index contributed by atoms with van der Waals surface area (Å²) in [5, 5.41) is 13.7. The number of hydrogen-bond donors (Lipinski definition) is 2. The molecule has 0 spiro atoms. The van der Waals surface area contributed by atoms with Gasteiger partial charge in [0.05, 0.1) is 52.1 Å². The van der Waals surface area contributed by atoms with E-state index in [0.717, 1.165) is 64.2 Å². The van der Waals surface area contributed by atoms with E-state index in [0.29, 0.717) is 29.7 Å². The molecule has 51 heavy (non-hydrogen) atoms. The standard InChI is InChI=1S/C41H77N2O7P/c1-6-8-10-12-14-15-16-17-18-19-20-22-26-30-38(44)37(36-49-51(46,47)48-35-34-43(3,4)5)42-41(45)33-29-25-21-24-28-32-40-39(50-40)31-27-23-13-11-9-7-2/h10,12,23,26-27,30,37-40,44H,6-9,11,13-22,24-25,28-29,31-36H2,1-5H3,(H-,42,45,46,47)/b12-10-,27-23-,30-26+/t37-,38+,39?,40?/m0/s1. The van der Waals surface area contributed by atoms with Gasteiger partial charge in [-0.15, -0.1) is 0 Å². The van der Waals surface area contributed by atoms with Gasteiger partial charge in [0, 0.05) is 6.42 Å². The van der Waals surface area contributed by atoms with Gasteiger partial charge in [0.2, 0.25) is 5.91 Å². The Labute approximate surface area is 312 Å². The van der Waals surface area contributed by atoms with E-state index < -0.39 is 26.6 Å². The zero-order valence-corrected chi connectivity index (χ0v) is 34.1. The lowest BCUT2D eigenvalue weighted by Gasteiger charge is -2.29. The number of epoxide rings is 1. The second kappa shape index (κ2) is 30.1. The fourth-order valence-corrected chi connectivity index (χ4v) is 6.53. The van der Waals surface area contributed by atoms with Gasteiger partial charge in [0.1, 0.15) is 13.2 Å². The van der Waals surface area contributed by atoms with Gasteiger partial charge in [-0.25, -0.2) is 0 Å². The maximum absolute atomic E-state index is 12.8. The molecular weight excluding hydrogens is 663 g/mol. The van der Waals surface area contributed by atoms with Crippen LogP contribution < -0.4 is 10.2 Å². The van der Waals surface area contributed by atoms with Crippen LogP contribution in [0.3, 0.4) is 0 Å². The summed E-state index contributed by atoms with van der Waals surface area (Å²) in [6.07, 6.45) is 36.3. The Bertz CT molecular complexity index is 997. The van der Waals surface area contributed by atoms with Gasteiger partial charge in [-0.2, -0.15) is 0 Å². The quantitative estimate of drug-likeness (QED) is 0.0219. The van der Waals surface area contributed by atoms with E-state index in [-0.39, 0.29) is 12.5 Å². The number of aliphatic hydroxyl groups excluding tert-OH is 1. The molecule has 1 heterocycles. The number of phosphoric acid groups is 1. The van der Waals surface area contributed by atoms with Crippen molar-refractivity contribution in [3.05, 3.63) is 36.5 Å². The van der Waals surface area contributed by atoms with Crippen LogP contribution in [0.25, 0.3) is 0 Å². The molecule has 0 aromatic heterocycles. The molecule has 0 bridgehead atoms. The molecule has 1 aliphatic heterocycles. The fourth-order valence-electron chi connectivity index (χ4n) is 5.81. The zero-order chi connectivity index (χ0) is 37.6. The molecule has 1 rings (SSSR count). The number of likely N-dealkylation sites (N-methyl/N-ethyl adjacent to an activating group) is 1. The Kier molecular flexibility index (Phi) is 28.1. The molecule has 1 aliphatic rings. The fraction of sp³-hybridized carbons (Fsp3) is 0.829. The lowest BCUT2D eigenvalue weighted by molar-refractivity contribution is -0.870. The number of nitrogens with zero attached hydrogens (tertiary/aromatic N) is 1. The highest BCUT2D eigenvalue weighted by Gasteiger charge is 2.36. The van der Waals surface area contributed by atoms with Crippen molar-refractivity contribution in [3.63, 3.8) is 0 Å². The van der Waals surface area contributed by atoms with E-state index in [2.05, 4.69) is 43.5 Å². The van der Waals surface area contributed by atoms with Gasteiger partial charge in [-0.05, 0) is 64.2 Å². The Morgan fingerprint density at radius 1 is 0.784 bits per heavy atom. The van der Waals surface area contributed by atoms with E-state index in [1.807, 2.05) is 27.2 Å². The summed E-state index contributed by atoms with van der Waals surface area (Å²) in [5.41, 5.74) is 0. The molecule has 9 nitrogen and oxygen atoms in total. The first kappa shape index (κ1) is 47.7. The van der Waals surface area contributed by atoms with Crippen molar-refractivity contribution in [2.75, 3.05) is 40.9 Å². The second-order valence-corrected chi connectivity index (χ2v) is 16.8. The zero-order valence-electron chi connectivity index (χ0n) is 33.2. The third-order valence-corrected chi connectivity index (χ3v) is 10.2. The maximum Gasteiger partial charge on any atom is 0.268 e. The second-order valence-electron chi connectivity index (χ2n) is 15.4. The number of hydrogen-bond acceptors (Lipinski definition) is 7. The number of carbonyl (C=O) groups excluding carboxylic acids is 1. The molecular formula is C41H77N2O7P. The topological polar surface area (TPSA) is 120 Å².